The molecule has 1 aromatic carbocycles. The van der Waals surface area contributed by atoms with Crippen LogP contribution in [0.5, 0.6) is 5.75 Å². The van der Waals surface area contributed by atoms with Crippen LogP contribution in [0.15, 0.2) is 18.2 Å². The normalized spacial score (nSPS) is 15.5. The standard InChI is InChI=1S/C23H29NO4S/c1-14-7-9-16(3)18(12-14)28-11-5-6-20(25)24-22-21(23(26)27-4)17-10-8-15(2)13-19(17)29-22/h7,9,12,15H,5-6,8,10-11,13H2,1-4H3,(H,24,25). The Bertz CT molecular complexity index is 903. The lowest BCUT2D eigenvalue weighted by molar-refractivity contribution is -0.116. The molecular weight excluding hydrogens is 386 g/mol. The number of hydrogen-bond acceptors (Lipinski definition) is 5. The highest BCUT2D eigenvalue weighted by Gasteiger charge is 2.28. The molecule has 1 N–H and O–H groups in total. The molecule has 2 aromatic rings. The number of carbonyl (C=O) groups excluding carboxylic acids is 2. The molecule has 1 unspecified atom stereocenters. The molecule has 0 spiro atoms. The van der Waals surface area contributed by atoms with Crippen molar-refractivity contribution < 1.29 is 19.1 Å². The van der Waals surface area contributed by atoms with E-state index in [1.807, 2.05) is 26.0 Å². The van der Waals surface area contributed by atoms with Crippen molar-refractivity contribution in [3.8, 4) is 5.75 Å². The zero-order valence-electron chi connectivity index (χ0n) is 17.6. The molecule has 29 heavy (non-hydrogen) atoms. The highest BCUT2D eigenvalue weighted by atomic mass is 32.1. The molecule has 1 amide bonds. The van der Waals surface area contributed by atoms with E-state index in [0.29, 0.717) is 35.9 Å². The maximum atomic E-state index is 12.5. The number of nitrogens with one attached hydrogen (secondary N) is 1. The van der Waals surface area contributed by atoms with Crippen molar-refractivity contribution in [1.82, 2.24) is 0 Å². The van der Waals surface area contributed by atoms with Crippen molar-refractivity contribution in [3.05, 3.63) is 45.3 Å². The van der Waals surface area contributed by atoms with Crippen LogP contribution in [0.4, 0.5) is 5.00 Å². The van der Waals surface area contributed by atoms with E-state index < -0.39 is 0 Å². The summed E-state index contributed by atoms with van der Waals surface area (Å²) < 4.78 is 10.8. The Balaban J connectivity index is 1.59. The third-order valence-corrected chi connectivity index (χ3v) is 6.47. The first-order valence-corrected chi connectivity index (χ1v) is 10.9. The number of esters is 1. The molecule has 1 heterocycles. The molecule has 0 fully saturated rings. The number of carbonyl (C=O) groups is 2. The molecule has 6 heteroatoms. The van der Waals surface area contributed by atoms with E-state index in [0.717, 1.165) is 41.7 Å². The van der Waals surface area contributed by atoms with Crippen molar-refractivity contribution in [1.29, 1.82) is 0 Å². The van der Waals surface area contributed by atoms with E-state index in [1.165, 1.54) is 23.3 Å². The van der Waals surface area contributed by atoms with Gasteiger partial charge in [-0.3, -0.25) is 4.79 Å². The second-order valence-electron chi connectivity index (χ2n) is 7.82. The summed E-state index contributed by atoms with van der Waals surface area (Å²) in [5.74, 6) is 0.979. The molecule has 0 saturated heterocycles. The van der Waals surface area contributed by atoms with Crippen LogP contribution in [-0.2, 0) is 22.4 Å². The van der Waals surface area contributed by atoms with E-state index in [9.17, 15) is 9.59 Å². The summed E-state index contributed by atoms with van der Waals surface area (Å²) in [6, 6.07) is 6.09. The topological polar surface area (TPSA) is 64.6 Å². The molecular formula is C23H29NO4S. The first-order valence-electron chi connectivity index (χ1n) is 10.1. The fourth-order valence-electron chi connectivity index (χ4n) is 3.62. The Labute approximate surface area is 176 Å². The molecule has 5 nitrogen and oxygen atoms in total. The van der Waals surface area contributed by atoms with Gasteiger partial charge in [0.15, 0.2) is 0 Å². The van der Waals surface area contributed by atoms with Crippen LogP contribution < -0.4 is 10.1 Å². The number of amides is 1. The molecule has 3 rings (SSSR count). The fraction of sp³-hybridized carbons (Fsp3) is 0.478. The van der Waals surface area contributed by atoms with Gasteiger partial charge in [0.05, 0.1) is 19.3 Å². The number of ether oxygens (including phenoxy) is 2. The largest absolute Gasteiger partial charge is 0.493 e. The molecule has 156 valence electrons. The van der Waals surface area contributed by atoms with Gasteiger partial charge in [0.2, 0.25) is 5.91 Å². The minimum atomic E-state index is -0.370. The third-order valence-electron chi connectivity index (χ3n) is 5.30. The number of thiophene rings is 1. The summed E-state index contributed by atoms with van der Waals surface area (Å²) in [5, 5.41) is 3.56. The summed E-state index contributed by atoms with van der Waals surface area (Å²) >= 11 is 1.51. The molecule has 0 saturated carbocycles. The van der Waals surface area contributed by atoms with Gasteiger partial charge in [-0.15, -0.1) is 11.3 Å². The minimum absolute atomic E-state index is 0.105. The Morgan fingerprint density at radius 2 is 2.07 bits per heavy atom. The predicted octanol–water partition coefficient (Wildman–Crippen LogP) is 5.07. The number of anilines is 1. The van der Waals surface area contributed by atoms with E-state index in [4.69, 9.17) is 9.47 Å². The van der Waals surface area contributed by atoms with Crippen molar-refractivity contribution in [2.24, 2.45) is 5.92 Å². The maximum absolute atomic E-state index is 12.5. The van der Waals surface area contributed by atoms with Crippen molar-refractivity contribution >= 4 is 28.2 Å². The quantitative estimate of drug-likeness (QED) is 0.506. The molecule has 0 bridgehead atoms. The monoisotopic (exact) mass is 415 g/mol. The highest BCUT2D eigenvalue weighted by Crippen LogP contribution is 2.40. The Hall–Kier alpha value is -2.34. The van der Waals surface area contributed by atoms with Gasteiger partial charge in [0.1, 0.15) is 10.8 Å². The average molecular weight is 416 g/mol. The lowest BCUT2D eigenvalue weighted by Crippen LogP contribution is -2.16. The van der Waals surface area contributed by atoms with Crippen LogP contribution in [-0.4, -0.2) is 25.6 Å². The van der Waals surface area contributed by atoms with Gasteiger partial charge in [-0.1, -0.05) is 19.1 Å². The molecule has 1 aliphatic carbocycles. The van der Waals surface area contributed by atoms with Gasteiger partial charge in [0, 0.05) is 11.3 Å². The first kappa shape index (κ1) is 21.4. The van der Waals surface area contributed by atoms with E-state index in [1.54, 1.807) is 0 Å². The van der Waals surface area contributed by atoms with Gasteiger partial charge in [0.25, 0.3) is 0 Å². The van der Waals surface area contributed by atoms with Crippen LogP contribution in [0.1, 0.15) is 58.1 Å². The number of rotatable bonds is 7. The van der Waals surface area contributed by atoms with Crippen LogP contribution in [0.3, 0.4) is 0 Å². The summed E-state index contributed by atoms with van der Waals surface area (Å²) in [5.41, 5.74) is 3.82. The minimum Gasteiger partial charge on any atom is -0.493 e. The van der Waals surface area contributed by atoms with Gasteiger partial charge in [-0.05, 0) is 68.2 Å². The maximum Gasteiger partial charge on any atom is 0.341 e. The van der Waals surface area contributed by atoms with Crippen LogP contribution in [0, 0.1) is 19.8 Å². The molecule has 1 aromatic heterocycles. The molecule has 0 radical (unpaired) electrons. The molecule has 1 aliphatic rings. The predicted molar refractivity (Wildman–Crippen MR) is 116 cm³/mol. The molecule has 1 atom stereocenters. The zero-order chi connectivity index (χ0) is 21.0. The number of benzene rings is 1. The second-order valence-corrected chi connectivity index (χ2v) is 8.92. The lowest BCUT2D eigenvalue weighted by atomic mass is 9.88. The van der Waals surface area contributed by atoms with E-state index in [2.05, 4.69) is 18.3 Å². The van der Waals surface area contributed by atoms with Gasteiger partial charge in [-0.2, -0.15) is 0 Å². The average Bonchev–Trinajstić information content (AvgIpc) is 3.03. The molecule has 0 aliphatic heterocycles. The van der Waals surface area contributed by atoms with Gasteiger partial charge >= 0.3 is 5.97 Å². The lowest BCUT2D eigenvalue weighted by Gasteiger charge is -2.18. The van der Waals surface area contributed by atoms with Crippen LogP contribution in [0.25, 0.3) is 0 Å². The SMILES string of the molecule is COC(=O)c1c(NC(=O)CCCOc2cc(C)ccc2C)sc2c1CCC(C)C2. The highest BCUT2D eigenvalue weighted by molar-refractivity contribution is 7.17. The van der Waals surface area contributed by atoms with Crippen molar-refractivity contribution in [3.63, 3.8) is 0 Å². The fourth-order valence-corrected chi connectivity index (χ4v) is 5.04. The van der Waals surface area contributed by atoms with Crippen molar-refractivity contribution in [2.45, 2.75) is 52.9 Å². The Kier molecular flexibility index (Phi) is 6.96. The summed E-state index contributed by atoms with van der Waals surface area (Å²) in [6.45, 7) is 6.73. The first-order chi connectivity index (χ1) is 13.9. The van der Waals surface area contributed by atoms with E-state index >= 15 is 0 Å². The Morgan fingerprint density at radius 3 is 2.83 bits per heavy atom. The van der Waals surface area contributed by atoms with Crippen LogP contribution >= 0.6 is 11.3 Å². The van der Waals surface area contributed by atoms with Gasteiger partial charge < -0.3 is 14.8 Å². The second kappa shape index (κ2) is 9.44. The van der Waals surface area contributed by atoms with Gasteiger partial charge in [-0.25, -0.2) is 4.79 Å². The number of methoxy groups -OCH3 is 1. The zero-order valence-corrected chi connectivity index (χ0v) is 18.4. The van der Waals surface area contributed by atoms with E-state index in [-0.39, 0.29) is 11.9 Å². The Morgan fingerprint density at radius 1 is 1.28 bits per heavy atom. The van der Waals surface area contributed by atoms with Crippen LogP contribution in [0.2, 0.25) is 0 Å². The smallest absolute Gasteiger partial charge is 0.341 e. The summed E-state index contributed by atoms with van der Waals surface area (Å²) in [4.78, 5) is 26.0. The number of hydrogen-bond donors (Lipinski definition) is 1. The number of aryl methyl sites for hydroxylation is 2. The summed E-state index contributed by atoms with van der Waals surface area (Å²) in [7, 11) is 1.38. The third kappa shape index (κ3) is 5.18. The summed E-state index contributed by atoms with van der Waals surface area (Å²) in [6.07, 6.45) is 3.80. The number of fused-ring (bicyclic) bond motifs is 1. The van der Waals surface area contributed by atoms with Crippen molar-refractivity contribution in [2.75, 3.05) is 19.0 Å².